The maximum Gasteiger partial charge on any atom is 0.174 e. The molecule has 26 heavy (non-hydrogen) atoms. The number of hydrogen-bond donors (Lipinski definition) is 2. The number of quaternary nitrogens is 1. The third-order valence-electron chi connectivity index (χ3n) is 5.15. The average molecular weight is 373 g/mol. The van der Waals surface area contributed by atoms with Crippen LogP contribution in [0.2, 0.25) is 0 Å². The monoisotopic (exact) mass is 372 g/mol. The van der Waals surface area contributed by atoms with Crippen molar-refractivity contribution in [3.63, 3.8) is 0 Å². The fourth-order valence-electron chi connectivity index (χ4n) is 3.52. The van der Waals surface area contributed by atoms with Crippen molar-refractivity contribution in [1.29, 1.82) is 0 Å². The smallest absolute Gasteiger partial charge is 0.174 e. The van der Waals surface area contributed by atoms with Crippen LogP contribution in [0.1, 0.15) is 37.0 Å². The molecule has 0 aliphatic carbocycles. The highest BCUT2D eigenvalue weighted by Crippen LogP contribution is 2.15. The lowest BCUT2D eigenvalue weighted by atomic mass is 10.2. The van der Waals surface area contributed by atoms with Crippen LogP contribution in [-0.4, -0.2) is 36.2 Å². The standard InChI is InChI=1S/C21H29N3OS/c1-18-9-4-5-11-20(18)22-21(26)24(17-19-10-8-16-25-19)15-14-23-12-6-2-3-7-13-23/h4-5,8-11,16H,2-3,6-7,12-15,17H2,1H3,(H,22,26)/p+1. The summed E-state index contributed by atoms with van der Waals surface area (Å²) in [5.41, 5.74) is 2.27. The molecule has 3 rings (SSSR count). The van der Waals surface area contributed by atoms with Crippen molar-refractivity contribution in [2.24, 2.45) is 0 Å². The largest absolute Gasteiger partial charge is 0.467 e. The molecule has 1 fully saturated rings. The van der Waals surface area contributed by atoms with E-state index >= 15 is 0 Å². The molecular formula is C21H30N3OS+. The second-order valence-corrected chi connectivity index (χ2v) is 7.55. The third kappa shape index (κ3) is 5.58. The summed E-state index contributed by atoms with van der Waals surface area (Å²) in [5.74, 6) is 0.949. The van der Waals surface area contributed by atoms with Crippen LogP contribution in [0.25, 0.3) is 0 Å². The minimum absolute atomic E-state index is 0.706. The van der Waals surface area contributed by atoms with Gasteiger partial charge in [0, 0.05) is 5.69 Å². The first-order valence-corrected chi connectivity index (χ1v) is 10.1. The number of furan rings is 1. The summed E-state index contributed by atoms with van der Waals surface area (Å²) in [5, 5.41) is 4.20. The number of likely N-dealkylation sites (tertiary alicyclic amines) is 1. The zero-order valence-corrected chi connectivity index (χ0v) is 16.5. The van der Waals surface area contributed by atoms with Crippen molar-refractivity contribution < 1.29 is 9.32 Å². The molecule has 2 heterocycles. The van der Waals surface area contributed by atoms with Crippen LogP contribution in [0.4, 0.5) is 5.69 Å². The predicted molar refractivity (Wildman–Crippen MR) is 111 cm³/mol. The Hall–Kier alpha value is -1.85. The quantitative estimate of drug-likeness (QED) is 0.763. The van der Waals surface area contributed by atoms with E-state index < -0.39 is 0 Å². The highest BCUT2D eigenvalue weighted by atomic mass is 32.1. The van der Waals surface area contributed by atoms with E-state index in [1.54, 1.807) is 11.2 Å². The molecule has 0 saturated carbocycles. The van der Waals surface area contributed by atoms with Crippen molar-refractivity contribution >= 4 is 23.0 Å². The Morgan fingerprint density at radius 3 is 2.58 bits per heavy atom. The van der Waals surface area contributed by atoms with Crippen LogP contribution >= 0.6 is 12.2 Å². The van der Waals surface area contributed by atoms with Crippen molar-refractivity contribution in [3.8, 4) is 0 Å². The number of rotatable bonds is 6. The average Bonchev–Trinajstić information content (AvgIpc) is 3.02. The van der Waals surface area contributed by atoms with E-state index in [1.807, 2.05) is 24.3 Å². The van der Waals surface area contributed by atoms with Gasteiger partial charge < -0.3 is 19.5 Å². The lowest BCUT2D eigenvalue weighted by Crippen LogP contribution is -3.12. The van der Waals surface area contributed by atoms with Gasteiger partial charge in [-0.1, -0.05) is 18.2 Å². The van der Waals surface area contributed by atoms with Gasteiger partial charge in [-0.05, 0) is 68.6 Å². The van der Waals surface area contributed by atoms with Gasteiger partial charge in [0.2, 0.25) is 0 Å². The Balaban J connectivity index is 1.63. The molecule has 0 unspecified atom stereocenters. The zero-order valence-electron chi connectivity index (χ0n) is 15.7. The van der Waals surface area contributed by atoms with Gasteiger partial charge in [0.1, 0.15) is 5.76 Å². The lowest BCUT2D eigenvalue weighted by molar-refractivity contribution is -0.898. The molecular weight excluding hydrogens is 342 g/mol. The van der Waals surface area contributed by atoms with Crippen LogP contribution < -0.4 is 10.2 Å². The Morgan fingerprint density at radius 1 is 1.12 bits per heavy atom. The highest BCUT2D eigenvalue weighted by Gasteiger charge is 2.17. The van der Waals surface area contributed by atoms with Crippen LogP contribution in [0.3, 0.4) is 0 Å². The van der Waals surface area contributed by atoms with E-state index in [0.717, 1.165) is 29.6 Å². The van der Waals surface area contributed by atoms with Gasteiger partial charge in [-0.15, -0.1) is 0 Å². The van der Waals surface area contributed by atoms with Gasteiger partial charge in [-0.25, -0.2) is 0 Å². The maximum atomic E-state index is 5.75. The van der Waals surface area contributed by atoms with Crippen LogP contribution in [0.5, 0.6) is 0 Å². The second kappa shape index (κ2) is 9.74. The first kappa shape index (κ1) is 18.9. The molecule has 1 aliphatic rings. The predicted octanol–water partition coefficient (Wildman–Crippen LogP) is 3.25. The molecule has 1 aromatic carbocycles. The molecule has 2 N–H and O–H groups in total. The molecule has 5 heteroatoms. The van der Waals surface area contributed by atoms with E-state index in [9.17, 15) is 0 Å². The molecule has 2 aromatic rings. The van der Waals surface area contributed by atoms with Crippen LogP contribution in [0.15, 0.2) is 47.1 Å². The van der Waals surface area contributed by atoms with Gasteiger partial charge in [0.05, 0.1) is 39.0 Å². The second-order valence-electron chi connectivity index (χ2n) is 7.16. The Morgan fingerprint density at radius 2 is 1.88 bits per heavy atom. The number of para-hydroxylation sites is 1. The van der Waals surface area contributed by atoms with Gasteiger partial charge >= 0.3 is 0 Å². The van der Waals surface area contributed by atoms with E-state index in [-0.39, 0.29) is 0 Å². The normalized spacial score (nSPS) is 15.4. The van der Waals surface area contributed by atoms with Gasteiger partial charge in [-0.2, -0.15) is 0 Å². The fraction of sp³-hybridized carbons (Fsp3) is 0.476. The van der Waals surface area contributed by atoms with Crippen LogP contribution in [-0.2, 0) is 6.54 Å². The topological polar surface area (TPSA) is 32.9 Å². The van der Waals surface area contributed by atoms with Gasteiger partial charge in [0.25, 0.3) is 0 Å². The SMILES string of the molecule is Cc1ccccc1NC(=S)N(CC[NH+]1CCCCCC1)Cc1ccco1. The first-order chi connectivity index (χ1) is 12.7. The minimum atomic E-state index is 0.706. The van der Waals surface area contributed by atoms with Crippen LogP contribution in [0, 0.1) is 6.92 Å². The Bertz CT molecular complexity index is 678. The molecule has 0 spiro atoms. The molecule has 0 radical (unpaired) electrons. The van der Waals surface area contributed by atoms with Crippen molar-refractivity contribution in [2.75, 3.05) is 31.5 Å². The number of nitrogens with zero attached hydrogens (tertiary/aromatic N) is 1. The van der Waals surface area contributed by atoms with Crippen molar-refractivity contribution in [3.05, 3.63) is 54.0 Å². The molecule has 140 valence electrons. The van der Waals surface area contributed by atoms with Gasteiger partial charge in [0.15, 0.2) is 5.11 Å². The number of benzene rings is 1. The van der Waals surface area contributed by atoms with Gasteiger partial charge in [-0.3, -0.25) is 0 Å². The summed E-state index contributed by atoms with van der Waals surface area (Å²) in [6.45, 7) is 7.43. The molecule has 0 bridgehead atoms. The summed E-state index contributed by atoms with van der Waals surface area (Å²) >= 11 is 5.75. The number of aryl methyl sites for hydroxylation is 1. The van der Waals surface area contributed by atoms with Crippen molar-refractivity contribution in [1.82, 2.24) is 4.90 Å². The number of anilines is 1. The molecule has 0 atom stereocenters. The third-order valence-corrected chi connectivity index (χ3v) is 5.51. The van der Waals surface area contributed by atoms with E-state index in [1.165, 1.54) is 44.3 Å². The minimum Gasteiger partial charge on any atom is -0.467 e. The molecule has 4 nitrogen and oxygen atoms in total. The summed E-state index contributed by atoms with van der Waals surface area (Å²) in [4.78, 5) is 3.93. The summed E-state index contributed by atoms with van der Waals surface area (Å²) in [6.07, 6.45) is 7.18. The summed E-state index contributed by atoms with van der Waals surface area (Å²) in [7, 11) is 0. The molecule has 0 amide bonds. The lowest BCUT2D eigenvalue weighted by Gasteiger charge is -2.27. The fourth-order valence-corrected chi connectivity index (χ4v) is 3.79. The molecule has 1 aromatic heterocycles. The summed E-state index contributed by atoms with van der Waals surface area (Å²) in [6, 6.07) is 12.2. The number of hydrogen-bond acceptors (Lipinski definition) is 2. The van der Waals surface area contributed by atoms with E-state index in [2.05, 4.69) is 29.3 Å². The number of nitrogens with one attached hydrogen (secondary N) is 2. The highest BCUT2D eigenvalue weighted by molar-refractivity contribution is 7.80. The van der Waals surface area contributed by atoms with E-state index in [0.29, 0.717) is 6.54 Å². The Kier molecular flexibility index (Phi) is 7.09. The molecule has 1 aliphatic heterocycles. The van der Waals surface area contributed by atoms with Crippen molar-refractivity contribution in [2.45, 2.75) is 39.2 Å². The first-order valence-electron chi connectivity index (χ1n) is 9.70. The summed E-state index contributed by atoms with van der Waals surface area (Å²) < 4.78 is 5.56. The van der Waals surface area contributed by atoms with E-state index in [4.69, 9.17) is 16.6 Å². The Labute approximate surface area is 162 Å². The zero-order chi connectivity index (χ0) is 18.2. The molecule has 1 saturated heterocycles. The maximum absolute atomic E-state index is 5.75. The number of thiocarbonyl (C=S) groups is 1.